The van der Waals surface area contributed by atoms with Gasteiger partial charge in [-0.1, -0.05) is 48.4 Å². The first-order chi connectivity index (χ1) is 16.4. The van der Waals surface area contributed by atoms with E-state index in [-0.39, 0.29) is 5.57 Å². The van der Waals surface area contributed by atoms with E-state index in [1.54, 1.807) is 6.07 Å². The van der Waals surface area contributed by atoms with Gasteiger partial charge >= 0.3 is 5.97 Å². The Kier molecular flexibility index (Phi) is 10.6. The molecule has 0 aliphatic rings. The molecule has 0 fully saturated rings. The van der Waals surface area contributed by atoms with E-state index < -0.39 is 12.1 Å². The average Bonchev–Trinajstić information content (AvgIpc) is 2.85. The Bertz CT molecular complexity index is 1010. The van der Waals surface area contributed by atoms with Crippen molar-refractivity contribution in [1.29, 1.82) is 0 Å². The van der Waals surface area contributed by atoms with Gasteiger partial charge in [0.2, 0.25) is 0 Å². The largest absolute Gasteiger partial charge is 0.503 e. The summed E-state index contributed by atoms with van der Waals surface area (Å²) in [5, 5.41) is 8.13. The number of oxime groups is 2. The minimum atomic E-state index is -0.514. The van der Waals surface area contributed by atoms with Crippen molar-refractivity contribution in [2.75, 3.05) is 27.9 Å². The lowest BCUT2D eigenvalue weighted by atomic mass is 9.97. The minimum absolute atomic E-state index is 0.279. The van der Waals surface area contributed by atoms with Crippen LogP contribution in [0.15, 0.2) is 65.1 Å². The van der Waals surface area contributed by atoms with Crippen LogP contribution in [0, 0.1) is 5.92 Å². The van der Waals surface area contributed by atoms with Crippen molar-refractivity contribution in [2.45, 2.75) is 26.9 Å². The van der Waals surface area contributed by atoms with Gasteiger partial charge in [0.15, 0.2) is 0 Å². The second-order valence-corrected chi connectivity index (χ2v) is 7.72. The third-order valence-corrected chi connectivity index (χ3v) is 4.65. The Hall–Kier alpha value is -3.81. The fourth-order valence-corrected chi connectivity index (χ4v) is 3.01. The summed E-state index contributed by atoms with van der Waals surface area (Å²) in [5.41, 5.74) is 2.91. The number of ether oxygens (including phenoxy) is 3. The summed E-state index contributed by atoms with van der Waals surface area (Å²) in [4.78, 5) is 22.9. The maximum absolute atomic E-state index is 12.2. The smallest absolute Gasteiger partial charge is 0.341 e. The predicted molar refractivity (Wildman–Crippen MR) is 132 cm³/mol. The maximum atomic E-state index is 12.2. The molecule has 1 unspecified atom stereocenters. The maximum Gasteiger partial charge on any atom is 0.341 e. The average molecular weight is 469 g/mol. The van der Waals surface area contributed by atoms with Crippen LogP contribution in [0.3, 0.4) is 0 Å². The fourth-order valence-electron chi connectivity index (χ4n) is 3.01. The van der Waals surface area contributed by atoms with Crippen molar-refractivity contribution < 1.29 is 28.7 Å². The molecule has 0 bridgehead atoms. The first-order valence-electron chi connectivity index (χ1n) is 10.8. The summed E-state index contributed by atoms with van der Waals surface area (Å²) in [6, 6.07) is 14.8. The SMILES string of the molecule is COC=C(C(=O)OC)c1ccccc1C(C)ON=CC(=NOC)c1ccc(OCC(C)C)cc1. The Morgan fingerprint density at radius 2 is 1.71 bits per heavy atom. The Morgan fingerprint density at radius 1 is 1.00 bits per heavy atom. The third kappa shape index (κ3) is 7.65. The van der Waals surface area contributed by atoms with Crippen molar-refractivity contribution in [2.24, 2.45) is 16.2 Å². The van der Waals surface area contributed by atoms with Crippen LogP contribution >= 0.6 is 0 Å². The summed E-state index contributed by atoms with van der Waals surface area (Å²) >= 11 is 0. The van der Waals surface area contributed by atoms with Crippen molar-refractivity contribution in [3.63, 3.8) is 0 Å². The van der Waals surface area contributed by atoms with Crippen LogP contribution in [0.5, 0.6) is 5.75 Å². The molecular weight excluding hydrogens is 436 g/mol. The number of nitrogens with zero attached hydrogens (tertiary/aromatic N) is 2. The molecule has 34 heavy (non-hydrogen) atoms. The molecule has 2 rings (SSSR count). The second kappa shape index (κ2) is 13.7. The lowest BCUT2D eigenvalue weighted by Gasteiger charge is -2.16. The molecular formula is C26H32N2O6. The molecule has 2 aromatic rings. The summed E-state index contributed by atoms with van der Waals surface area (Å²) in [5.74, 6) is 0.703. The third-order valence-electron chi connectivity index (χ3n) is 4.65. The Labute approximate surface area is 200 Å². The molecule has 0 radical (unpaired) electrons. The lowest BCUT2D eigenvalue weighted by Crippen LogP contribution is -2.09. The van der Waals surface area contributed by atoms with Gasteiger partial charge in [-0.15, -0.1) is 0 Å². The first-order valence-corrected chi connectivity index (χ1v) is 10.8. The van der Waals surface area contributed by atoms with Gasteiger partial charge in [0.25, 0.3) is 0 Å². The Balaban J connectivity index is 2.18. The second-order valence-electron chi connectivity index (χ2n) is 7.72. The minimum Gasteiger partial charge on any atom is -0.503 e. The van der Waals surface area contributed by atoms with Crippen LogP contribution in [0.4, 0.5) is 0 Å². The van der Waals surface area contributed by atoms with Crippen molar-refractivity contribution in [3.05, 3.63) is 71.5 Å². The number of carbonyl (C=O) groups is 1. The molecule has 0 amide bonds. The van der Waals surface area contributed by atoms with Gasteiger partial charge in [-0.2, -0.15) is 0 Å². The highest BCUT2D eigenvalue weighted by Gasteiger charge is 2.20. The zero-order valence-electron chi connectivity index (χ0n) is 20.5. The van der Waals surface area contributed by atoms with Gasteiger partial charge in [0.1, 0.15) is 30.2 Å². The normalized spacial score (nSPS) is 13.0. The highest BCUT2D eigenvalue weighted by molar-refractivity contribution is 6.37. The quantitative estimate of drug-likeness (QED) is 0.143. The molecule has 1 atom stereocenters. The number of benzene rings is 2. The van der Waals surface area contributed by atoms with Crippen LogP contribution in [-0.4, -0.2) is 45.8 Å². The summed E-state index contributed by atoms with van der Waals surface area (Å²) in [6.07, 6.45) is 2.34. The van der Waals surface area contributed by atoms with E-state index in [0.29, 0.717) is 23.8 Å². The van der Waals surface area contributed by atoms with Gasteiger partial charge < -0.3 is 23.9 Å². The Morgan fingerprint density at radius 3 is 2.32 bits per heavy atom. The lowest BCUT2D eigenvalue weighted by molar-refractivity contribution is -0.133. The van der Waals surface area contributed by atoms with Crippen LogP contribution in [0.2, 0.25) is 0 Å². The molecule has 0 aliphatic heterocycles. The number of hydrogen-bond acceptors (Lipinski definition) is 8. The van der Waals surface area contributed by atoms with E-state index >= 15 is 0 Å². The molecule has 0 aromatic heterocycles. The summed E-state index contributed by atoms with van der Waals surface area (Å²) < 4.78 is 15.7. The van der Waals surface area contributed by atoms with Crippen LogP contribution in [-0.2, 0) is 23.9 Å². The molecule has 8 nitrogen and oxygen atoms in total. The summed E-state index contributed by atoms with van der Waals surface area (Å²) in [6.45, 7) is 6.66. The van der Waals surface area contributed by atoms with E-state index in [2.05, 4.69) is 24.2 Å². The van der Waals surface area contributed by atoms with E-state index in [0.717, 1.165) is 16.9 Å². The van der Waals surface area contributed by atoms with Crippen molar-refractivity contribution >= 4 is 23.5 Å². The molecule has 0 aliphatic carbocycles. The highest BCUT2D eigenvalue weighted by atomic mass is 16.6. The zero-order valence-corrected chi connectivity index (χ0v) is 20.5. The molecule has 0 N–H and O–H groups in total. The molecule has 8 heteroatoms. The standard InChI is InChI=1S/C26H32N2O6/c1-18(2)16-33-21-13-11-20(12-14-21)25(28-32-6)15-27-34-19(3)22-9-7-8-10-23(22)24(17-30-4)26(29)31-5/h7-15,17-19H,16H2,1-6H3. The van der Waals surface area contributed by atoms with Crippen LogP contribution < -0.4 is 4.74 Å². The van der Waals surface area contributed by atoms with Gasteiger partial charge in [0.05, 0.1) is 33.3 Å². The van der Waals surface area contributed by atoms with E-state index in [4.69, 9.17) is 23.9 Å². The number of carbonyl (C=O) groups excluding carboxylic acids is 1. The molecule has 182 valence electrons. The predicted octanol–water partition coefficient (Wildman–Crippen LogP) is 5.00. The summed E-state index contributed by atoms with van der Waals surface area (Å²) in [7, 11) is 4.25. The van der Waals surface area contributed by atoms with E-state index in [1.165, 1.54) is 33.8 Å². The molecule has 0 saturated carbocycles. The molecule has 0 heterocycles. The zero-order chi connectivity index (χ0) is 24.9. The highest BCUT2D eigenvalue weighted by Crippen LogP contribution is 2.28. The van der Waals surface area contributed by atoms with Gasteiger partial charge in [-0.25, -0.2) is 4.79 Å². The van der Waals surface area contributed by atoms with Gasteiger partial charge in [-0.3, -0.25) is 0 Å². The number of methoxy groups -OCH3 is 2. The first kappa shape index (κ1) is 26.4. The van der Waals surface area contributed by atoms with E-state index in [1.807, 2.05) is 49.4 Å². The molecule has 2 aromatic carbocycles. The van der Waals surface area contributed by atoms with Crippen molar-refractivity contribution in [1.82, 2.24) is 0 Å². The number of rotatable bonds is 12. The van der Waals surface area contributed by atoms with Crippen LogP contribution in [0.25, 0.3) is 5.57 Å². The van der Waals surface area contributed by atoms with Gasteiger partial charge in [0, 0.05) is 11.1 Å². The number of esters is 1. The topological polar surface area (TPSA) is 87.9 Å². The van der Waals surface area contributed by atoms with Crippen molar-refractivity contribution in [3.8, 4) is 5.75 Å². The number of hydrogen-bond donors (Lipinski definition) is 0. The van der Waals surface area contributed by atoms with E-state index in [9.17, 15) is 4.79 Å². The molecule has 0 spiro atoms. The fraction of sp³-hybridized carbons (Fsp3) is 0.346. The van der Waals surface area contributed by atoms with Crippen LogP contribution in [0.1, 0.15) is 43.6 Å². The monoisotopic (exact) mass is 468 g/mol. The van der Waals surface area contributed by atoms with Gasteiger partial charge in [-0.05, 0) is 42.7 Å². The molecule has 0 saturated heterocycles.